The largest absolute Gasteiger partial charge is 0.396 e. The lowest BCUT2D eigenvalue weighted by atomic mass is 9.86. The Balaban J connectivity index is 1.34. The van der Waals surface area contributed by atoms with E-state index in [-0.39, 0.29) is 12.6 Å². The third kappa shape index (κ3) is 4.60. The molecule has 3 aromatic rings. The number of nitrogens with one attached hydrogen (secondary N) is 3. The molecule has 5 rings (SSSR count). The van der Waals surface area contributed by atoms with Gasteiger partial charge in [-0.15, -0.1) is 0 Å². The third-order valence-corrected chi connectivity index (χ3v) is 6.28. The summed E-state index contributed by atoms with van der Waals surface area (Å²) in [6, 6.07) is 8.93. The van der Waals surface area contributed by atoms with Crippen molar-refractivity contribution in [1.29, 1.82) is 0 Å². The number of hydrogen-bond acceptors (Lipinski definition) is 7. The van der Waals surface area contributed by atoms with Crippen molar-refractivity contribution in [2.45, 2.75) is 31.7 Å². The molecule has 31 heavy (non-hydrogen) atoms. The third-order valence-electron chi connectivity index (χ3n) is 6.28. The van der Waals surface area contributed by atoms with Gasteiger partial charge >= 0.3 is 0 Å². The second kappa shape index (κ2) is 9.11. The number of aromatic nitrogens is 3. The highest BCUT2D eigenvalue weighted by Crippen LogP contribution is 2.29. The molecule has 0 atom stereocenters. The summed E-state index contributed by atoms with van der Waals surface area (Å²) in [7, 11) is 0. The molecule has 1 aromatic carbocycles. The molecule has 8 heteroatoms. The Bertz CT molecular complexity index is 1040. The molecule has 2 aromatic heterocycles. The maximum atomic E-state index is 9.40. The molecule has 2 aliphatic rings. The smallest absolute Gasteiger partial charge is 0.231 e. The standard InChI is InChI=1S/C23H30N6O2/c30-15-16-1-3-17(4-2-16)25-22-20-9-10-24-21(20)27-23(28-22)26-18-5-7-19(8-6-18)29-11-13-31-14-12-29/h5-10,16-17,30H,1-4,11-15H2,(H3,24,25,26,27,28)/i9D. The molecule has 2 fully saturated rings. The zero-order chi connectivity index (χ0) is 21.9. The number of nitrogens with zero attached hydrogens (tertiary/aromatic N) is 3. The molecule has 1 aliphatic heterocycles. The maximum Gasteiger partial charge on any atom is 0.231 e. The lowest BCUT2D eigenvalue weighted by molar-refractivity contribution is 0.122. The highest BCUT2D eigenvalue weighted by molar-refractivity contribution is 5.88. The predicted octanol–water partition coefficient (Wildman–Crippen LogP) is 3.50. The van der Waals surface area contributed by atoms with Crippen LogP contribution in [0.1, 0.15) is 27.1 Å². The lowest BCUT2D eigenvalue weighted by Gasteiger charge is -2.29. The molecular weight excluding hydrogens is 392 g/mol. The Kier molecular flexibility index (Phi) is 5.55. The van der Waals surface area contributed by atoms with Gasteiger partial charge in [0.15, 0.2) is 0 Å². The van der Waals surface area contributed by atoms with Crippen LogP contribution in [0.2, 0.25) is 0 Å². The molecule has 1 saturated heterocycles. The van der Waals surface area contributed by atoms with Crippen LogP contribution < -0.4 is 15.5 Å². The van der Waals surface area contributed by atoms with Crippen LogP contribution in [0.5, 0.6) is 0 Å². The quantitative estimate of drug-likeness (QED) is 0.482. The Morgan fingerprint density at radius 1 is 1.13 bits per heavy atom. The molecule has 164 valence electrons. The van der Waals surface area contributed by atoms with Crippen LogP contribution in [-0.2, 0) is 4.74 Å². The van der Waals surface area contributed by atoms with Crippen molar-refractivity contribution in [1.82, 2.24) is 15.0 Å². The fourth-order valence-electron chi connectivity index (χ4n) is 4.43. The summed E-state index contributed by atoms with van der Waals surface area (Å²) in [5.74, 6) is 1.57. The second-order valence-corrected chi connectivity index (χ2v) is 8.37. The van der Waals surface area contributed by atoms with Gasteiger partial charge in [0.25, 0.3) is 0 Å². The van der Waals surface area contributed by atoms with Crippen molar-refractivity contribution in [3.8, 4) is 0 Å². The Hall–Kier alpha value is -2.84. The Labute approximate surface area is 183 Å². The van der Waals surface area contributed by atoms with E-state index in [4.69, 9.17) is 11.1 Å². The van der Waals surface area contributed by atoms with E-state index in [2.05, 4.69) is 37.6 Å². The lowest BCUT2D eigenvalue weighted by Crippen LogP contribution is -2.36. The van der Waals surface area contributed by atoms with E-state index in [1.165, 1.54) is 5.69 Å². The number of rotatable bonds is 6. The normalized spacial score (nSPS) is 22.4. The number of fused-ring (bicyclic) bond motifs is 1. The van der Waals surface area contributed by atoms with Crippen LogP contribution in [0.4, 0.5) is 23.1 Å². The van der Waals surface area contributed by atoms with Crippen LogP contribution in [0.25, 0.3) is 11.0 Å². The minimum atomic E-state index is 0.261. The summed E-state index contributed by atoms with van der Waals surface area (Å²) in [5.41, 5.74) is 2.73. The molecule has 0 amide bonds. The van der Waals surface area contributed by atoms with Gasteiger partial charge in [-0.2, -0.15) is 9.97 Å². The zero-order valence-electron chi connectivity index (χ0n) is 18.6. The average molecular weight is 424 g/mol. The molecule has 0 unspecified atom stereocenters. The summed E-state index contributed by atoms with van der Waals surface area (Å²) in [6.07, 6.45) is 5.63. The highest BCUT2D eigenvalue weighted by atomic mass is 16.5. The van der Waals surface area contributed by atoms with Crippen LogP contribution >= 0.6 is 0 Å². The number of morpholine rings is 1. The first-order valence-corrected chi connectivity index (χ1v) is 11.1. The average Bonchev–Trinajstić information content (AvgIpc) is 3.21. The summed E-state index contributed by atoms with van der Waals surface area (Å²) in [4.78, 5) is 14.7. The van der Waals surface area contributed by atoms with E-state index in [0.29, 0.717) is 34.8 Å². The number of aliphatic hydroxyl groups is 1. The minimum absolute atomic E-state index is 0.261. The van der Waals surface area contributed by atoms with Crippen molar-refractivity contribution in [2.75, 3.05) is 48.4 Å². The molecule has 1 aliphatic carbocycles. The first-order chi connectivity index (χ1) is 15.7. The van der Waals surface area contributed by atoms with Crippen LogP contribution in [0, 0.1) is 5.92 Å². The fraction of sp³-hybridized carbons (Fsp3) is 0.478. The van der Waals surface area contributed by atoms with E-state index >= 15 is 0 Å². The van der Waals surface area contributed by atoms with Gasteiger partial charge in [0.05, 0.1) is 20.0 Å². The number of aromatic amines is 1. The SMILES string of the molecule is [2H]c1c[nH]c2nc(Nc3ccc(N4CCOCC4)cc3)nc(NC3CCC(CO)CC3)c12. The highest BCUT2D eigenvalue weighted by Gasteiger charge is 2.22. The molecule has 0 bridgehead atoms. The molecule has 3 heterocycles. The monoisotopic (exact) mass is 423 g/mol. The van der Waals surface area contributed by atoms with Gasteiger partial charge in [0.2, 0.25) is 5.95 Å². The number of H-pyrrole nitrogens is 1. The molecule has 1 saturated carbocycles. The predicted molar refractivity (Wildman–Crippen MR) is 123 cm³/mol. The van der Waals surface area contributed by atoms with Gasteiger partial charge < -0.3 is 30.4 Å². The van der Waals surface area contributed by atoms with Crippen LogP contribution in [0.3, 0.4) is 0 Å². The summed E-state index contributed by atoms with van der Waals surface area (Å²) < 4.78 is 13.7. The van der Waals surface area contributed by atoms with Gasteiger partial charge in [-0.3, -0.25) is 0 Å². The summed E-state index contributed by atoms with van der Waals surface area (Å²) >= 11 is 0. The first kappa shape index (κ1) is 18.9. The molecule has 4 N–H and O–H groups in total. The van der Waals surface area contributed by atoms with Crippen molar-refractivity contribution in [3.05, 3.63) is 36.5 Å². The number of ether oxygens (including phenoxy) is 1. The minimum Gasteiger partial charge on any atom is -0.396 e. The number of aliphatic hydroxyl groups excluding tert-OH is 1. The van der Waals surface area contributed by atoms with Gasteiger partial charge in [-0.1, -0.05) is 0 Å². The number of hydrogen-bond donors (Lipinski definition) is 4. The molecular formula is C23H30N6O2. The first-order valence-electron chi connectivity index (χ1n) is 11.6. The number of benzene rings is 1. The summed E-state index contributed by atoms with van der Waals surface area (Å²) in [5, 5.41) is 17.0. The maximum absolute atomic E-state index is 9.40. The number of anilines is 4. The summed E-state index contributed by atoms with van der Waals surface area (Å²) in [6.45, 7) is 3.60. The zero-order valence-corrected chi connectivity index (χ0v) is 17.6. The van der Waals surface area contributed by atoms with E-state index in [1.54, 1.807) is 6.20 Å². The van der Waals surface area contributed by atoms with Crippen molar-refractivity contribution in [2.24, 2.45) is 5.92 Å². The fourth-order valence-corrected chi connectivity index (χ4v) is 4.43. The van der Waals surface area contributed by atoms with Crippen molar-refractivity contribution in [3.63, 3.8) is 0 Å². The van der Waals surface area contributed by atoms with Crippen LogP contribution in [-0.4, -0.2) is 59.0 Å². The molecule has 8 nitrogen and oxygen atoms in total. The van der Waals surface area contributed by atoms with E-state index in [1.807, 2.05) is 12.1 Å². The van der Waals surface area contributed by atoms with E-state index < -0.39 is 0 Å². The molecule has 0 spiro atoms. The van der Waals surface area contributed by atoms with E-state index in [0.717, 1.165) is 57.7 Å². The second-order valence-electron chi connectivity index (χ2n) is 8.37. The van der Waals surface area contributed by atoms with Crippen molar-refractivity contribution >= 4 is 34.2 Å². The van der Waals surface area contributed by atoms with Gasteiger partial charge in [-0.25, -0.2) is 0 Å². The topological polar surface area (TPSA) is 98.3 Å². The van der Waals surface area contributed by atoms with Gasteiger partial charge in [0, 0.05) is 43.3 Å². The van der Waals surface area contributed by atoms with Gasteiger partial charge in [-0.05, 0) is 61.9 Å². The molecule has 0 radical (unpaired) electrons. The van der Waals surface area contributed by atoms with Crippen LogP contribution in [0.15, 0.2) is 36.5 Å². The van der Waals surface area contributed by atoms with E-state index in [9.17, 15) is 5.11 Å². The Morgan fingerprint density at radius 2 is 1.90 bits per heavy atom. The van der Waals surface area contributed by atoms with Gasteiger partial charge in [0.1, 0.15) is 11.5 Å². The Morgan fingerprint density at radius 3 is 2.65 bits per heavy atom. The van der Waals surface area contributed by atoms with Crippen molar-refractivity contribution < 1.29 is 11.2 Å².